The highest BCUT2D eigenvalue weighted by molar-refractivity contribution is 5.27. The molecule has 2 atom stereocenters. The summed E-state index contributed by atoms with van der Waals surface area (Å²) in [6, 6.07) is 9.29. The number of hydrogen-bond acceptors (Lipinski definition) is 2. The molecule has 0 amide bonds. The molecule has 0 radical (unpaired) electrons. The quantitative estimate of drug-likeness (QED) is 0.822. The van der Waals surface area contributed by atoms with Crippen LogP contribution in [0.25, 0.3) is 0 Å². The van der Waals surface area contributed by atoms with E-state index in [1.807, 2.05) is 0 Å². The molecular weight excluding hydrogens is 196 g/mol. The monoisotopic (exact) mass is 218 g/mol. The van der Waals surface area contributed by atoms with Gasteiger partial charge in [0.15, 0.2) is 0 Å². The number of benzene rings is 1. The predicted octanol–water partition coefficient (Wildman–Crippen LogP) is 2.00. The fourth-order valence-corrected chi connectivity index (χ4v) is 2.49. The average Bonchev–Trinajstić information content (AvgIpc) is 2.32. The van der Waals surface area contributed by atoms with Crippen LogP contribution in [0.4, 0.5) is 0 Å². The van der Waals surface area contributed by atoms with E-state index in [0.29, 0.717) is 12.0 Å². The van der Waals surface area contributed by atoms with E-state index in [4.69, 9.17) is 5.73 Å². The van der Waals surface area contributed by atoms with Crippen molar-refractivity contribution in [1.82, 2.24) is 4.90 Å². The van der Waals surface area contributed by atoms with Crippen LogP contribution in [0.2, 0.25) is 0 Å². The lowest BCUT2D eigenvalue weighted by Gasteiger charge is -2.35. The van der Waals surface area contributed by atoms with Gasteiger partial charge in [0, 0.05) is 18.5 Å². The molecule has 2 N–H and O–H groups in total. The van der Waals surface area contributed by atoms with E-state index in [1.54, 1.807) is 0 Å². The summed E-state index contributed by atoms with van der Waals surface area (Å²) in [6.07, 6.45) is 2.22. The van der Waals surface area contributed by atoms with E-state index < -0.39 is 0 Å². The zero-order valence-corrected chi connectivity index (χ0v) is 10.3. The highest BCUT2D eigenvalue weighted by atomic mass is 15.1. The summed E-state index contributed by atoms with van der Waals surface area (Å²) in [5.41, 5.74) is 9.02. The molecular formula is C14H22N2. The van der Waals surface area contributed by atoms with Gasteiger partial charge in [0.2, 0.25) is 0 Å². The highest BCUT2D eigenvalue weighted by Gasteiger charge is 2.25. The normalized spacial score (nSPS) is 26.9. The number of piperidine rings is 1. The lowest BCUT2D eigenvalue weighted by molar-refractivity contribution is 0.228. The molecule has 0 spiro atoms. The molecule has 1 aliphatic heterocycles. The van der Waals surface area contributed by atoms with E-state index in [9.17, 15) is 0 Å². The number of rotatable bonds is 2. The van der Waals surface area contributed by atoms with Crippen molar-refractivity contribution in [2.75, 3.05) is 20.1 Å². The smallest absolute Gasteiger partial charge is 0.0132 e. The summed E-state index contributed by atoms with van der Waals surface area (Å²) < 4.78 is 0. The van der Waals surface area contributed by atoms with Crippen LogP contribution in [0.1, 0.15) is 30.4 Å². The molecule has 1 heterocycles. The third-order valence-electron chi connectivity index (χ3n) is 3.69. The van der Waals surface area contributed by atoms with Crippen LogP contribution < -0.4 is 5.73 Å². The number of hydrogen-bond donors (Lipinski definition) is 1. The Labute approximate surface area is 98.4 Å². The van der Waals surface area contributed by atoms with Crippen LogP contribution in [0.3, 0.4) is 0 Å². The van der Waals surface area contributed by atoms with Crippen molar-refractivity contribution in [2.24, 2.45) is 5.73 Å². The van der Waals surface area contributed by atoms with E-state index in [0.717, 1.165) is 25.9 Å². The Balaban J connectivity index is 2.15. The predicted molar refractivity (Wildman–Crippen MR) is 68.7 cm³/mol. The van der Waals surface area contributed by atoms with Gasteiger partial charge in [0.1, 0.15) is 0 Å². The number of likely N-dealkylation sites (N-methyl/N-ethyl adjacent to an activating group) is 1. The molecule has 0 aliphatic carbocycles. The van der Waals surface area contributed by atoms with Crippen molar-refractivity contribution in [3.05, 3.63) is 35.4 Å². The lowest BCUT2D eigenvalue weighted by atomic mass is 9.86. The largest absolute Gasteiger partial charge is 0.327 e. The first-order valence-corrected chi connectivity index (χ1v) is 6.23. The Hall–Kier alpha value is -0.860. The van der Waals surface area contributed by atoms with Gasteiger partial charge in [0.05, 0.1) is 0 Å². The molecule has 88 valence electrons. The van der Waals surface area contributed by atoms with Gasteiger partial charge < -0.3 is 10.6 Å². The Morgan fingerprint density at radius 1 is 1.31 bits per heavy atom. The van der Waals surface area contributed by atoms with E-state index >= 15 is 0 Å². The molecule has 2 heteroatoms. The molecule has 2 unspecified atom stereocenters. The zero-order valence-electron chi connectivity index (χ0n) is 10.3. The zero-order chi connectivity index (χ0) is 11.5. The highest BCUT2D eigenvalue weighted by Crippen LogP contribution is 2.25. The maximum Gasteiger partial charge on any atom is 0.0132 e. The molecule has 2 nitrogen and oxygen atoms in total. The van der Waals surface area contributed by atoms with Gasteiger partial charge in [-0.25, -0.2) is 0 Å². The molecule has 16 heavy (non-hydrogen) atoms. The van der Waals surface area contributed by atoms with Crippen molar-refractivity contribution in [3.8, 4) is 0 Å². The van der Waals surface area contributed by atoms with Crippen molar-refractivity contribution in [2.45, 2.75) is 31.7 Å². The first-order valence-electron chi connectivity index (χ1n) is 6.23. The van der Waals surface area contributed by atoms with Crippen LogP contribution in [0, 0.1) is 0 Å². The van der Waals surface area contributed by atoms with Gasteiger partial charge in [-0.3, -0.25) is 0 Å². The fourth-order valence-electron chi connectivity index (χ4n) is 2.49. The van der Waals surface area contributed by atoms with Crippen molar-refractivity contribution < 1.29 is 0 Å². The van der Waals surface area contributed by atoms with E-state index in [1.165, 1.54) is 11.1 Å². The SMILES string of the molecule is CCc1ccc(C2CN(C)CCC2N)cc1. The van der Waals surface area contributed by atoms with E-state index in [2.05, 4.69) is 43.1 Å². The first-order chi connectivity index (χ1) is 7.70. The van der Waals surface area contributed by atoms with Crippen LogP contribution in [0.15, 0.2) is 24.3 Å². The number of nitrogens with zero attached hydrogens (tertiary/aromatic N) is 1. The maximum absolute atomic E-state index is 6.22. The maximum atomic E-state index is 6.22. The second kappa shape index (κ2) is 4.98. The number of likely N-dealkylation sites (tertiary alicyclic amines) is 1. The minimum Gasteiger partial charge on any atom is -0.327 e. The van der Waals surface area contributed by atoms with Gasteiger partial charge in [-0.15, -0.1) is 0 Å². The molecule has 1 saturated heterocycles. The standard InChI is InChI=1S/C14H22N2/c1-3-11-4-6-12(7-5-11)13-10-16(2)9-8-14(13)15/h4-7,13-14H,3,8-10,15H2,1-2H3. The third-order valence-corrected chi connectivity index (χ3v) is 3.69. The molecule has 2 rings (SSSR count). The van der Waals surface area contributed by atoms with Gasteiger partial charge in [-0.05, 0) is 37.6 Å². The fraction of sp³-hybridized carbons (Fsp3) is 0.571. The minimum absolute atomic E-state index is 0.323. The van der Waals surface area contributed by atoms with Crippen molar-refractivity contribution in [3.63, 3.8) is 0 Å². The number of aryl methyl sites for hydroxylation is 1. The summed E-state index contributed by atoms with van der Waals surface area (Å²) in [7, 11) is 2.18. The van der Waals surface area contributed by atoms with Gasteiger partial charge >= 0.3 is 0 Å². The second-order valence-corrected chi connectivity index (χ2v) is 4.92. The minimum atomic E-state index is 0.323. The molecule has 1 aliphatic rings. The Bertz CT molecular complexity index is 331. The second-order valence-electron chi connectivity index (χ2n) is 4.92. The van der Waals surface area contributed by atoms with Crippen LogP contribution in [-0.2, 0) is 6.42 Å². The van der Waals surface area contributed by atoms with Crippen LogP contribution in [-0.4, -0.2) is 31.1 Å². The topological polar surface area (TPSA) is 29.3 Å². The third kappa shape index (κ3) is 2.45. The van der Waals surface area contributed by atoms with E-state index in [-0.39, 0.29) is 0 Å². The van der Waals surface area contributed by atoms with Crippen molar-refractivity contribution in [1.29, 1.82) is 0 Å². The first kappa shape index (κ1) is 11.6. The van der Waals surface area contributed by atoms with Crippen molar-refractivity contribution >= 4 is 0 Å². The number of nitrogens with two attached hydrogens (primary N) is 1. The molecule has 0 aromatic heterocycles. The summed E-state index contributed by atoms with van der Waals surface area (Å²) >= 11 is 0. The summed E-state index contributed by atoms with van der Waals surface area (Å²) in [5, 5.41) is 0. The van der Waals surface area contributed by atoms with Crippen LogP contribution >= 0.6 is 0 Å². The van der Waals surface area contributed by atoms with Gasteiger partial charge in [-0.2, -0.15) is 0 Å². The molecule has 1 fully saturated rings. The average molecular weight is 218 g/mol. The van der Waals surface area contributed by atoms with Crippen LogP contribution in [0.5, 0.6) is 0 Å². The van der Waals surface area contributed by atoms with Gasteiger partial charge in [-0.1, -0.05) is 31.2 Å². The van der Waals surface area contributed by atoms with Gasteiger partial charge in [0.25, 0.3) is 0 Å². The molecule has 1 aromatic rings. The summed E-state index contributed by atoms with van der Waals surface area (Å²) in [5.74, 6) is 0.504. The molecule has 0 saturated carbocycles. The molecule has 0 bridgehead atoms. The lowest BCUT2D eigenvalue weighted by Crippen LogP contribution is -2.43. The Morgan fingerprint density at radius 2 is 2.00 bits per heavy atom. The summed E-state index contributed by atoms with van der Waals surface area (Å²) in [4.78, 5) is 2.38. The summed E-state index contributed by atoms with van der Waals surface area (Å²) in [6.45, 7) is 4.41. The molecule has 1 aromatic carbocycles. The Morgan fingerprint density at radius 3 is 2.62 bits per heavy atom. The Kier molecular flexibility index (Phi) is 3.62.